The van der Waals surface area contributed by atoms with Crippen LogP contribution in [0.2, 0.25) is 5.02 Å². The van der Waals surface area contributed by atoms with E-state index < -0.39 is 34.4 Å². The first kappa shape index (κ1) is 15.3. The number of aromatic hydroxyl groups is 1. The zero-order chi connectivity index (χ0) is 14.9. The summed E-state index contributed by atoms with van der Waals surface area (Å²) in [7, 11) is 0. The van der Waals surface area contributed by atoms with E-state index in [-0.39, 0.29) is 13.1 Å². The maximum atomic E-state index is 13.3. The number of hydrogen-bond donors (Lipinski definition) is 2. The van der Waals surface area contributed by atoms with Crippen molar-refractivity contribution in [2.45, 2.75) is 12.2 Å². The van der Waals surface area contributed by atoms with Crippen molar-refractivity contribution in [1.82, 2.24) is 10.2 Å². The normalized spacial score (nSPS) is 19.1. The van der Waals surface area contributed by atoms with Crippen molar-refractivity contribution in [2.75, 3.05) is 26.2 Å². The SMILES string of the molecule is Oc1c([C@H](N2CCNCC2)C(F)(F)F)ccc(F)c1Cl. The number of nitrogens with zero attached hydrogens (tertiary/aromatic N) is 1. The van der Waals surface area contributed by atoms with Gasteiger partial charge in [-0.1, -0.05) is 17.7 Å². The van der Waals surface area contributed by atoms with E-state index in [0.29, 0.717) is 13.1 Å². The first-order chi connectivity index (χ1) is 9.32. The van der Waals surface area contributed by atoms with Crippen molar-refractivity contribution in [3.8, 4) is 5.75 Å². The molecular weight excluding hydrogens is 300 g/mol. The van der Waals surface area contributed by atoms with Gasteiger partial charge in [0.2, 0.25) is 0 Å². The number of piperazine rings is 1. The number of nitrogens with one attached hydrogen (secondary N) is 1. The molecule has 112 valence electrons. The van der Waals surface area contributed by atoms with Crippen LogP contribution in [0.4, 0.5) is 17.6 Å². The Balaban J connectivity index is 2.44. The van der Waals surface area contributed by atoms with Crippen molar-refractivity contribution in [3.63, 3.8) is 0 Å². The summed E-state index contributed by atoms with van der Waals surface area (Å²) in [6.45, 7) is 1.20. The van der Waals surface area contributed by atoms with Crippen LogP contribution in [-0.2, 0) is 0 Å². The van der Waals surface area contributed by atoms with Crippen LogP contribution in [0, 0.1) is 5.82 Å². The fourth-order valence-electron chi connectivity index (χ4n) is 2.30. The molecule has 0 saturated carbocycles. The molecule has 2 rings (SSSR count). The number of phenolic OH excluding ortho intramolecular Hbond substituents is 1. The maximum Gasteiger partial charge on any atom is 0.408 e. The minimum atomic E-state index is -4.59. The molecule has 1 aliphatic heterocycles. The maximum absolute atomic E-state index is 13.3. The molecule has 2 N–H and O–H groups in total. The van der Waals surface area contributed by atoms with Crippen LogP contribution in [0.1, 0.15) is 11.6 Å². The number of hydrogen-bond acceptors (Lipinski definition) is 3. The lowest BCUT2D eigenvalue weighted by Gasteiger charge is -2.36. The van der Waals surface area contributed by atoms with Crippen molar-refractivity contribution < 1.29 is 22.7 Å². The van der Waals surface area contributed by atoms with Gasteiger partial charge >= 0.3 is 6.18 Å². The van der Waals surface area contributed by atoms with Gasteiger partial charge < -0.3 is 10.4 Å². The quantitative estimate of drug-likeness (QED) is 0.824. The predicted molar refractivity (Wildman–Crippen MR) is 66.3 cm³/mol. The summed E-state index contributed by atoms with van der Waals surface area (Å²) in [4.78, 5) is 1.19. The lowest BCUT2D eigenvalue weighted by atomic mass is 10.0. The molecule has 1 saturated heterocycles. The van der Waals surface area contributed by atoms with E-state index in [1.165, 1.54) is 4.90 Å². The Morgan fingerprint density at radius 1 is 1.25 bits per heavy atom. The van der Waals surface area contributed by atoms with Gasteiger partial charge in [-0.2, -0.15) is 13.2 Å². The summed E-state index contributed by atoms with van der Waals surface area (Å²) in [5.74, 6) is -1.80. The van der Waals surface area contributed by atoms with Gasteiger partial charge in [0.25, 0.3) is 0 Å². The van der Waals surface area contributed by atoms with E-state index in [4.69, 9.17) is 11.6 Å². The van der Waals surface area contributed by atoms with Crippen LogP contribution in [0.3, 0.4) is 0 Å². The molecule has 0 aromatic heterocycles. The summed E-state index contributed by atoms with van der Waals surface area (Å²) in [6, 6.07) is -0.239. The topological polar surface area (TPSA) is 35.5 Å². The number of rotatable bonds is 2. The molecule has 0 spiro atoms. The zero-order valence-electron chi connectivity index (χ0n) is 10.3. The molecular formula is C12H13ClF4N2O. The molecule has 1 aromatic carbocycles. The Bertz CT molecular complexity index is 489. The summed E-state index contributed by atoms with van der Waals surface area (Å²) in [5.41, 5.74) is -0.425. The molecule has 3 nitrogen and oxygen atoms in total. The zero-order valence-corrected chi connectivity index (χ0v) is 11.1. The van der Waals surface area contributed by atoms with Crippen molar-refractivity contribution >= 4 is 11.6 Å². The molecule has 1 atom stereocenters. The fraction of sp³-hybridized carbons (Fsp3) is 0.500. The van der Waals surface area contributed by atoms with Gasteiger partial charge in [-0.3, -0.25) is 4.90 Å². The van der Waals surface area contributed by atoms with Crippen LogP contribution in [0.25, 0.3) is 0 Å². The molecule has 0 radical (unpaired) electrons. The van der Waals surface area contributed by atoms with Gasteiger partial charge in [0, 0.05) is 31.7 Å². The van der Waals surface area contributed by atoms with Crippen LogP contribution in [-0.4, -0.2) is 42.4 Å². The molecule has 0 unspecified atom stereocenters. The third-order valence-electron chi connectivity index (χ3n) is 3.22. The van der Waals surface area contributed by atoms with E-state index in [9.17, 15) is 22.7 Å². The molecule has 0 bridgehead atoms. The lowest BCUT2D eigenvalue weighted by molar-refractivity contribution is -0.188. The Morgan fingerprint density at radius 2 is 1.85 bits per heavy atom. The highest BCUT2D eigenvalue weighted by molar-refractivity contribution is 6.32. The Labute approximate surface area is 118 Å². The average molecular weight is 313 g/mol. The Morgan fingerprint density at radius 3 is 2.40 bits per heavy atom. The number of alkyl halides is 3. The highest BCUT2D eigenvalue weighted by Crippen LogP contribution is 2.44. The van der Waals surface area contributed by atoms with Crippen molar-refractivity contribution in [1.29, 1.82) is 0 Å². The molecule has 8 heteroatoms. The van der Waals surface area contributed by atoms with Crippen LogP contribution in [0.5, 0.6) is 5.75 Å². The molecule has 1 aliphatic rings. The molecule has 1 aromatic rings. The third-order valence-corrected chi connectivity index (χ3v) is 3.58. The first-order valence-electron chi connectivity index (χ1n) is 6.00. The van der Waals surface area contributed by atoms with Gasteiger partial charge in [0.1, 0.15) is 22.6 Å². The number of benzene rings is 1. The van der Waals surface area contributed by atoms with Crippen molar-refractivity contribution in [2.24, 2.45) is 0 Å². The molecule has 1 heterocycles. The minimum absolute atomic E-state index is 0.179. The second-order valence-electron chi connectivity index (χ2n) is 4.53. The lowest BCUT2D eigenvalue weighted by Crippen LogP contribution is -2.49. The largest absolute Gasteiger partial charge is 0.506 e. The fourth-order valence-corrected chi connectivity index (χ4v) is 2.47. The van der Waals surface area contributed by atoms with E-state index >= 15 is 0 Å². The molecule has 20 heavy (non-hydrogen) atoms. The second kappa shape index (κ2) is 5.75. The highest BCUT2D eigenvalue weighted by Gasteiger charge is 2.46. The van der Waals surface area contributed by atoms with Gasteiger partial charge in [-0.15, -0.1) is 0 Å². The monoisotopic (exact) mass is 312 g/mol. The summed E-state index contributed by atoms with van der Waals surface area (Å²) >= 11 is 5.49. The average Bonchev–Trinajstić information content (AvgIpc) is 2.39. The second-order valence-corrected chi connectivity index (χ2v) is 4.91. The first-order valence-corrected chi connectivity index (χ1v) is 6.38. The minimum Gasteiger partial charge on any atom is -0.506 e. The van der Waals surface area contributed by atoms with Crippen molar-refractivity contribution in [3.05, 3.63) is 28.5 Å². The standard InChI is InChI=1S/C12H13ClF4N2O/c13-9-8(14)2-1-7(10(9)20)11(12(15,16)17)19-5-3-18-4-6-19/h1-2,11,18,20H,3-6H2/t11-/m0/s1. The molecule has 1 fully saturated rings. The van der Waals surface area contributed by atoms with E-state index in [2.05, 4.69) is 5.32 Å². The highest BCUT2D eigenvalue weighted by atomic mass is 35.5. The summed E-state index contributed by atoms with van der Waals surface area (Å²) in [6.07, 6.45) is -4.59. The molecule has 0 aliphatic carbocycles. The van der Waals surface area contributed by atoms with E-state index in [1.807, 2.05) is 0 Å². The van der Waals surface area contributed by atoms with E-state index in [0.717, 1.165) is 12.1 Å². The Hall–Kier alpha value is -1.05. The number of phenols is 1. The smallest absolute Gasteiger partial charge is 0.408 e. The summed E-state index contributed by atoms with van der Waals surface area (Å²) in [5, 5.41) is 12.0. The third kappa shape index (κ3) is 2.99. The summed E-state index contributed by atoms with van der Waals surface area (Å²) < 4.78 is 53.0. The van der Waals surface area contributed by atoms with Gasteiger partial charge in [-0.25, -0.2) is 4.39 Å². The Kier molecular flexibility index (Phi) is 4.41. The number of halogens is 5. The van der Waals surface area contributed by atoms with Gasteiger partial charge in [0.15, 0.2) is 0 Å². The van der Waals surface area contributed by atoms with Crippen LogP contribution in [0.15, 0.2) is 12.1 Å². The van der Waals surface area contributed by atoms with Crippen LogP contribution >= 0.6 is 11.6 Å². The van der Waals surface area contributed by atoms with Gasteiger partial charge in [0.05, 0.1) is 0 Å². The molecule has 0 amide bonds. The predicted octanol–water partition coefficient (Wildman–Crippen LogP) is 2.69. The van der Waals surface area contributed by atoms with Crippen LogP contribution < -0.4 is 5.32 Å². The van der Waals surface area contributed by atoms with Gasteiger partial charge in [-0.05, 0) is 6.07 Å². The van der Waals surface area contributed by atoms with E-state index in [1.54, 1.807) is 0 Å².